The standard InChI is InChI=1S/C27H42N4O3/c32-25-23(24(26(25)33)30-15-5-2-6-16-30)28-19-20-7-9-21(10-8-20)27(34)31-17-11-22(12-18-31)29-13-3-1-4-14-29/h20-22,28H,1-19H2. The van der Waals surface area contributed by atoms with Crippen LogP contribution in [-0.4, -0.2) is 67.6 Å². The SMILES string of the molecule is O=C(C1CCC(CNc2c(N3CCCCC3)c(=O)c2=O)CC1)N1CCC(N2CCCCC2)CC1. The summed E-state index contributed by atoms with van der Waals surface area (Å²) in [5, 5.41) is 3.33. The normalized spacial score (nSPS) is 27.8. The summed E-state index contributed by atoms with van der Waals surface area (Å²) in [5.74, 6) is 1.00. The van der Waals surface area contributed by atoms with Gasteiger partial charge in [0, 0.05) is 44.7 Å². The number of piperidine rings is 3. The van der Waals surface area contributed by atoms with Crippen LogP contribution in [0.5, 0.6) is 0 Å². The van der Waals surface area contributed by atoms with Gasteiger partial charge in [0.05, 0.1) is 0 Å². The second kappa shape index (κ2) is 10.8. The molecule has 0 spiro atoms. The maximum atomic E-state index is 13.2. The molecule has 0 atom stereocenters. The van der Waals surface area contributed by atoms with Crippen LogP contribution in [0.1, 0.15) is 77.0 Å². The fourth-order valence-electron chi connectivity index (χ4n) is 6.82. The molecule has 7 heteroatoms. The molecule has 1 saturated carbocycles. The van der Waals surface area contributed by atoms with Gasteiger partial charge in [0.15, 0.2) is 0 Å². The highest BCUT2D eigenvalue weighted by atomic mass is 16.2. The lowest BCUT2D eigenvalue weighted by Crippen LogP contribution is -2.49. The molecule has 1 N–H and O–H groups in total. The predicted molar refractivity (Wildman–Crippen MR) is 136 cm³/mol. The zero-order valence-corrected chi connectivity index (χ0v) is 20.7. The first-order valence-corrected chi connectivity index (χ1v) is 14.0. The summed E-state index contributed by atoms with van der Waals surface area (Å²) in [6, 6.07) is 0.677. The third-order valence-corrected chi connectivity index (χ3v) is 9.00. The van der Waals surface area contributed by atoms with Gasteiger partial charge < -0.3 is 20.0 Å². The molecular formula is C27H42N4O3. The number of hydrogen-bond donors (Lipinski definition) is 1. The number of nitrogens with one attached hydrogen (secondary N) is 1. The Kier molecular flexibility index (Phi) is 7.57. The second-order valence-electron chi connectivity index (χ2n) is 11.2. The van der Waals surface area contributed by atoms with E-state index in [1.54, 1.807) is 0 Å². The molecule has 4 aliphatic rings. The number of amides is 1. The van der Waals surface area contributed by atoms with E-state index in [-0.39, 0.29) is 16.8 Å². The first-order chi connectivity index (χ1) is 16.6. The van der Waals surface area contributed by atoms with Crippen LogP contribution in [0.4, 0.5) is 11.4 Å². The molecular weight excluding hydrogens is 428 g/mol. The van der Waals surface area contributed by atoms with E-state index in [1.807, 2.05) is 0 Å². The van der Waals surface area contributed by atoms with Gasteiger partial charge in [-0.15, -0.1) is 0 Å². The van der Waals surface area contributed by atoms with Crippen LogP contribution in [-0.2, 0) is 4.79 Å². The van der Waals surface area contributed by atoms with Crippen molar-refractivity contribution in [2.24, 2.45) is 11.8 Å². The van der Waals surface area contributed by atoms with E-state index < -0.39 is 0 Å². The monoisotopic (exact) mass is 470 g/mol. The van der Waals surface area contributed by atoms with Crippen molar-refractivity contribution in [1.29, 1.82) is 0 Å². The van der Waals surface area contributed by atoms with Crippen molar-refractivity contribution < 1.29 is 4.79 Å². The molecule has 1 aromatic rings. The minimum Gasteiger partial charge on any atom is -0.380 e. The van der Waals surface area contributed by atoms with E-state index in [0.717, 1.165) is 84.1 Å². The van der Waals surface area contributed by atoms with Gasteiger partial charge >= 0.3 is 0 Å². The lowest BCUT2D eigenvalue weighted by molar-refractivity contribution is -0.138. The first-order valence-electron chi connectivity index (χ1n) is 14.0. The molecule has 0 bridgehead atoms. The molecule has 188 valence electrons. The van der Waals surface area contributed by atoms with Crippen molar-refractivity contribution >= 4 is 17.3 Å². The van der Waals surface area contributed by atoms with E-state index in [1.165, 1.54) is 38.8 Å². The molecule has 3 heterocycles. The van der Waals surface area contributed by atoms with Gasteiger partial charge in [0.25, 0.3) is 10.9 Å². The van der Waals surface area contributed by atoms with Crippen molar-refractivity contribution in [3.8, 4) is 0 Å². The Hall–Kier alpha value is -1.89. The maximum absolute atomic E-state index is 13.2. The van der Waals surface area contributed by atoms with Crippen LogP contribution >= 0.6 is 0 Å². The molecule has 0 aromatic heterocycles. The topological polar surface area (TPSA) is 73.0 Å². The first kappa shape index (κ1) is 23.8. The molecule has 1 amide bonds. The van der Waals surface area contributed by atoms with Crippen LogP contribution in [0, 0.1) is 11.8 Å². The smallest absolute Gasteiger partial charge is 0.253 e. The average Bonchev–Trinajstić information content (AvgIpc) is 2.91. The largest absolute Gasteiger partial charge is 0.380 e. The zero-order valence-electron chi connectivity index (χ0n) is 20.7. The Morgan fingerprint density at radius 2 is 1.35 bits per heavy atom. The lowest BCUT2D eigenvalue weighted by Gasteiger charge is -2.41. The summed E-state index contributed by atoms with van der Waals surface area (Å²) in [4.78, 5) is 44.4. The van der Waals surface area contributed by atoms with Crippen molar-refractivity contribution in [3.63, 3.8) is 0 Å². The van der Waals surface area contributed by atoms with Gasteiger partial charge in [-0.2, -0.15) is 0 Å². The van der Waals surface area contributed by atoms with Gasteiger partial charge in [-0.3, -0.25) is 14.4 Å². The molecule has 7 nitrogen and oxygen atoms in total. The molecule has 3 saturated heterocycles. The van der Waals surface area contributed by atoms with Crippen LogP contribution in [0.15, 0.2) is 9.59 Å². The van der Waals surface area contributed by atoms with E-state index in [2.05, 4.69) is 20.0 Å². The van der Waals surface area contributed by atoms with Gasteiger partial charge in [0.1, 0.15) is 11.4 Å². The molecule has 34 heavy (non-hydrogen) atoms. The van der Waals surface area contributed by atoms with Crippen LogP contribution in [0.2, 0.25) is 0 Å². The number of rotatable bonds is 6. The highest BCUT2D eigenvalue weighted by molar-refractivity contribution is 5.79. The van der Waals surface area contributed by atoms with E-state index in [9.17, 15) is 14.4 Å². The van der Waals surface area contributed by atoms with Crippen molar-refractivity contribution in [3.05, 3.63) is 20.4 Å². The fourth-order valence-corrected chi connectivity index (χ4v) is 6.82. The number of nitrogens with zero attached hydrogens (tertiary/aromatic N) is 3. The Morgan fingerprint density at radius 1 is 0.735 bits per heavy atom. The Morgan fingerprint density at radius 3 is 2.00 bits per heavy atom. The average molecular weight is 471 g/mol. The Labute approximate surface area is 203 Å². The highest BCUT2D eigenvalue weighted by Crippen LogP contribution is 2.32. The fraction of sp³-hybridized carbons (Fsp3) is 0.815. The number of carbonyl (C=O) groups is 1. The van der Waals surface area contributed by atoms with Gasteiger partial charge in [0.2, 0.25) is 5.91 Å². The van der Waals surface area contributed by atoms with E-state index in [0.29, 0.717) is 29.2 Å². The van der Waals surface area contributed by atoms with Gasteiger partial charge in [-0.1, -0.05) is 6.42 Å². The quantitative estimate of drug-likeness (QED) is 0.645. The van der Waals surface area contributed by atoms with Gasteiger partial charge in [-0.05, 0) is 89.6 Å². The molecule has 0 unspecified atom stereocenters. The molecule has 0 radical (unpaired) electrons. The minimum atomic E-state index is -0.350. The summed E-state index contributed by atoms with van der Waals surface area (Å²) in [7, 11) is 0. The van der Waals surface area contributed by atoms with Crippen molar-refractivity contribution in [2.75, 3.05) is 56.0 Å². The predicted octanol–water partition coefficient (Wildman–Crippen LogP) is 2.97. The summed E-state index contributed by atoms with van der Waals surface area (Å²) >= 11 is 0. The maximum Gasteiger partial charge on any atom is 0.253 e. The summed E-state index contributed by atoms with van der Waals surface area (Å²) in [6.45, 7) is 6.81. The number of likely N-dealkylation sites (tertiary alicyclic amines) is 2. The molecule has 1 aromatic carbocycles. The minimum absolute atomic E-state index is 0.165. The summed E-state index contributed by atoms with van der Waals surface area (Å²) in [6.07, 6.45) is 13.6. The van der Waals surface area contributed by atoms with Crippen LogP contribution < -0.4 is 21.1 Å². The van der Waals surface area contributed by atoms with Crippen LogP contribution in [0.3, 0.4) is 0 Å². The third kappa shape index (κ3) is 5.05. The number of hydrogen-bond acceptors (Lipinski definition) is 6. The Bertz CT molecular complexity index is 896. The molecule has 3 aliphatic heterocycles. The Balaban J connectivity index is 1.05. The van der Waals surface area contributed by atoms with E-state index >= 15 is 0 Å². The van der Waals surface area contributed by atoms with Crippen molar-refractivity contribution in [2.45, 2.75) is 83.1 Å². The molecule has 1 aliphatic carbocycles. The molecule has 4 fully saturated rings. The second-order valence-corrected chi connectivity index (χ2v) is 11.2. The summed E-state index contributed by atoms with van der Waals surface area (Å²) < 4.78 is 0. The third-order valence-electron chi connectivity index (χ3n) is 9.00. The van der Waals surface area contributed by atoms with E-state index in [4.69, 9.17) is 0 Å². The van der Waals surface area contributed by atoms with Crippen LogP contribution in [0.25, 0.3) is 0 Å². The molecule has 5 rings (SSSR count). The van der Waals surface area contributed by atoms with Crippen molar-refractivity contribution in [1.82, 2.24) is 9.80 Å². The lowest BCUT2D eigenvalue weighted by atomic mass is 9.81. The number of carbonyl (C=O) groups excluding carboxylic acids is 1. The van der Waals surface area contributed by atoms with Gasteiger partial charge in [-0.25, -0.2) is 0 Å². The highest BCUT2D eigenvalue weighted by Gasteiger charge is 2.33. The summed E-state index contributed by atoms with van der Waals surface area (Å²) in [5.41, 5.74) is 0.503. The number of anilines is 2. The zero-order chi connectivity index (χ0) is 23.5.